The average molecular weight is 196 g/mol. The fraction of sp³-hybridized carbons (Fsp3) is 0.917. The van der Waals surface area contributed by atoms with Crippen molar-refractivity contribution in [3.63, 3.8) is 0 Å². The molecule has 2 heteroatoms. The van der Waals surface area contributed by atoms with Crippen molar-refractivity contribution in [2.24, 2.45) is 17.3 Å². The van der Waals surface area contributed by atoms with E-state index in [0.717, 1.165) is 24.7 Å². The molecule has 80 valence electrons. The monoisotopic (exact) mass is 196 g/mol. The Morgan fingerprint density at radius 3 is 3.00 bits per heavy atom. The highest BCUT2D eigenvalue weighted by molar-refractivity contribution is 5.67. The Hall–Kier alpha value is -0.530. The van der Waals surface area contributed by atoms with E-state index in [1.807, 2.05) is 0 Å². The first-order chi connectivity index (χ1) is 6.60. The van der Waals surface area contributed by atoms with E-state index in [1.54, 1.807) is 0 Å². The van der Waals surface area contributed by atoms with Gasteiger partial charge in [-0.1, -0.05) is 19.8 Å². The van der Waals surface area contributed by atoms with E-state index < -0.39 is 5.97 Å². The quantitative estimate of drug-likeness (QED) is 0.737. The summed E-state index contributed by atoms with van der Waals surface area (Å²) in [4.78, 5) is 10.9. The van der Waals surface area contributed by atoms with Gasteiger partial charge in [-0.2, -0.15) is 0 Å². The molecular weight excluding hydrogens is 176 g/mol. The number of hydrogen-bond donors (Lipinski definition) is 1. The van der Waals surface area contributed by atoms with Crippen molar-refractivity contribution in [1.29, 1.82) is 0 Å². The highest BCUT2D eigenvalue weighted by Gasteiger charge is 2.42. The van der Waals surface area contributed by atoms with Crippen molar-refractivity contribution in [3.8, 4) is 0 Å². The Morgan fingerprint density at radius 1 is 1.50 bits per heavy atom. The molecule has 2 aliphatic carbocycles. The largest absolute Gasteiger partial charge is 0.481 e. The molecule has 2 nitrogen and oxygen atoms in total. The highest BCUT2D eigenvalue weighted by Crippen LogP contribution is 2.52. The third-order valence-electron chi connectivity index (χ3n) is 4.08. The van der Waals surface area contributed by atoms with Gasteiger partial charge < -0.3 is 5.11 Å². The summed E-state index contributed by atoms with van der Waals surface area (Å²) in [6.45, 7) is 2.29. The minimum absolute atomic E-state index is 0.173. The van der Waals surface area contributed by atoms with Crippen LogP contribution in [-0.4, -0.2) is 11.1 Å². The normalized spacial score (nSPS) is 42.1. The van der Waals surface area contributed by atoms with Gasteiger partial charge in [0.25, 0.3) is 0 Å². The average Bonchev–Trinajstić information content (AvgIpc) is 1.99. The van der Waals surface area contributed by atoms with Crippen LogP contribution in [0.2, 0.25) is 0 Å². The first-order valence-corrected chi connectivity index (χ1v) is 5.81. The van der Waals surface area contributed by atoms with E-state index >= 15 is 0 Å². The van der Waals surface area contributed by atoms with Crippen LogP contribution >= 0.6 is 0 Å². The Bertz CT molecular complexity index is 232. The summed E-state index contributed by atoms with van der Waals surface area (Å²) >= 11 is 0. The fourth-order valence-corrected chi connectivity index (χ4v) is 3.91. The molecule has 0 aromatic heterocycles. The van der Waals surface area contributed by atoms with Crippen LogP contribution < -0.4 is 0 Å². The number of rotatable bonds is 2. The summed E-state index contributed by atoms with van der Waals surface area (Å²) in [5.74, 6) is 0.972. The van der Waals surface area contributed by atoms with Gasteiger partial charge >= 0.3 is 5.97 Å². The highest BCUT2D eigenvalue weighted by atomic mass is 16.4. The second-order valence-corrected chi connectivity index (χ2v) is 5.58. The lowest BCUT2D eigenvalue weighted by Gasteiger charge is -2.47. The first-order valence-electron chi connectivity index (χ1n) is 5.81. The van der Waals surface area contributed by atoms with Crippen molar-refractivity contribution < 1.29 is 9.90 Å². The Balaban J connectivity index is 2.10. The second-order valence-electron chi connectivity index (χ2n) is 5.58. The van der Waals surface area contributed by atoms with Gasteiger partial charge in [0.1, 0.15) is 0 Å². The molecule has 3 unspecified atom stereocenters. The molecule has 14 heavy (non-hydrogen) atoms. The van der Waals surface area contributed by atoms with Gasteiger partial charge in [0.05, 0.1) is 6.42 Å². The summed E-state index contributed by atoms with van der Waals surface area (Å²) in [5.41, 5.74) is 0.173. The Morgan fingerprint density at radius 2 is 2.29 bits per heavy atom. The van der Waals surface area contributed by atoms with Gasteiger partial charge in [0, 0.05) is 0 Å². The minimum atomic E-state index is -0.597. The van der Waals surface area contributed by atoms with Gasteiger partial charge in [-0.25, -0.2) is 0 Å². The topological polar surface area (TPSA) is 37.3 Å². The zero-order valence-electron chi connectivity index (χ0n) is 8.96. The predicted octanol–water partition coefficient (Wildman–Crippen LogP) is 3.07. The maximum Gasteiger partial charge on any atom is 0.303 e. The molecule has 0 saturated heterocycles. The smallest absolute Gasteiger partial charge is 0.303 e. The summed E-state index contributed by atoms with van der Waals surface area (Å²) < 4.78 is 0. The molecule has 0 spiro atoms. The third-order valence-corrected chi connectivity index (χ3v) is 4.08. The van der Waals surface area contributed by atoms with Crippen LogP contribution in [0.1, 0.15) is 51.9 Å². The molecule has 2 saturated carbocycles. The van der Waals surface area contributed by atoms with Crippen molar-refractivity contribution in [3.05, 3.63) is 0 Å². The SMILES string of the molecule is CC1CC2CCCC(CC(=O)O)(C1)C2. The summed E-state index contributed by atoms with van der Waals surface area (Å²) in [5, 5.41) is 8.96. The van der Waals surface area contributed by atoms with Crippen LogP contribution in [-0.2, 0) is 4.79 Å². The molecule has 0 amide bonds. The fourth-order valence-electron chi connectivity index (χ4n) is 3.91. The Labute approximate surface area is 85.7 Å². The van der Waals surface area contributed by atoms with Crippen LogP contribution in [0.4, 0.5) is 0 Å². The van der Waals surface area contributed by atoms with E-state index in [9.17, 15) is 4.79 Å². The van der Waals surface area contributed by atoms with E-state index in [4.69, 9.17) is 5.11 Å². The zero-order chi connectivity index (χ0) is 10.2. The van der Waals surface area contributed by atoms with E-state index in [2.05, 4.69) is 6.92 Å². The van der Waals surface area contributed by atoms with Gasteiger partial charge in [-0.15, -0.1) is 0 Å². The van der Waals surface area contributed by atoms with Crippen LogP contribution in [0.3, 0.4) is 0 Å². The zero-order valence-corrected chi connectivity index (χ0v) is 8.96. The number of hydrogen-bond acceptors (Lipinski definition) is 1. The number of carboxylic acid groups (broad SMARTS) is 1. The van der Waals surface area contributed by atoms with E-state index in [1.165, 1.54) is 25.7 Å². The molecule has 0 aromatic carbocycles. The molecule has 1 N–H and O–H groups in total. The van der Waals surface area contributed by atoms with Crippen molar-refractivity contribution in [1.82, 2.24) is 0 Å². The van der Waals surface area contributed by atoms with Crippen LogP contribution in [0, 0.1) is 17.3 Å². The van der Waals surface area contributed by atoms with E-state index in [0.29, 0.717) is 6.42 Å². The standard InChI is InChI=1S/C12H20O2/c1-9-5-10-3-2-4-12(6-9,7-10)8-11(13)14/h9-10H,2-8H2,1H3,(H,13,14). The molecule has 2 bridgehead atoms. The second kappa shape index (κ2) is 3.56. The molecule has 3 atom stereocenters. The number of carboxylic acids is 1. The lowest BCUT2D eigenvalue weighted by atomic mass is 9.58. The Kier molecular flexibility index (Phi) is 2.54. The number of carbonyl (C=O) groups is 1. The lowest BCUT2D eigenvalue weighted by Crippen LogP contribution is -2.37. The minimum Gasteiger partial charge on any atom is -0.481 e. The molecule has 2 rings (SSSR count). The van der Waals surface area contributed by atoms with Crippen LogP contribution in [0.25, 0.3) is 0 Å². The maximum atomic E-state index is 10.9. The molecule has 0 aliphatic heterocycles. The first kappa shape index (κ1) is 10.0. The predicted molar refractivity (Wildman–Crippen MR) is 55.0 cm³/mol. The van der Waals surface area contributed by atoms with Gasteiger partial charge in [0.2, 0.25) is 0 Å². The van der Waals surface area contributed by atoms with Crippen LogP contribution in [0.5, 0.6) is 0 Å². The van der Waals surface area contributed by atoms with Crippen molar-refractivity contribution in [2.75, 3.05) is 0 Å². The number of fused-ring (bicyclic) bond motifs is 2. The van der Waals surface area contributed by atoms with Gasteiger partial charge in [0.15, 0.2) is 0 Å². The maximum absolute atomic E-state index is 10.9. The van der Waals surface area contributed by atoms with Crippen molar-refractivity contribution in [2.45, 2.75) is 51.9 Å². The molecule has 0 heterocycles. The lowest BCUT2D eigenvalue weighted by molar-refractivity contribution is -0.142. The molecule has 0 radical (unpaired) electrons. The number of aliphatic carboxylic acids is 1. The van der Waals surface area contributed by atoms with Crippen molar-refractivity contribution >= 4 is 5.97 Å². The summed E-state index contributed by atoms with van der Waals surface area (Å²) in [6.07, 6.45) is 7.82. The third kappa shape index (κ3) is 1.94. The summed E-state index contributed by atoms with van der Waals surface area (Å²) in [6, 6.07) is 0. The summed E-state index contributed by atoms with van der Waals surface area (Å²) in [7, 11) is 0. The van der Waals surface area contributed by atoms with Crippen LogP contribution in [0.15, 0.2) is 0 Å². The molecule has 0 aromatic rings. The molecule has 2 aliphatic rings. The van der Waals surface area contributed by atoms with Gasteiger partial charge in [-0.05, 0) is 42.9 Å². The molecule has 2 fully saturated rings. The van der Waals surface area contributed by atoms with E-state index in [-0.39, 0.29) is 5.41 Å². The van der Waals surface area contributed by atoms with Gasteiger partial charge in [-0.3, -0.25) is 4.79 Å². The molecular formula is C12H20O2.